The Morgan fingerprint density at radius 3 is 2.73 bits per heavy atom. The van der Waals surface area contributed by atoms with Crippen LogP contribution in [0.3, 0.4) is 0 Å². The van der Waals surface area contributed by atoms with Crippen molar-refractivity contribution in [2.24, 2.45) is 0 Å². The average molecular weight is 505 g/mol. The quantitative estimate of drug-likeness (QED) is 0.413. The van der Waals surface area contributed by atoms with Crippen molar-refractivity contribution in [3.63, 3.8) is 0 Å². The molecule has 0 bridgehead atoms. The second-order valence-electron chi connectivity index (χ2n) is 7.68. The molecule has 7 nitrogen and oxygen atoms in total. The number of para-hydroxylation sites is 1. The molecule has 1 fully saturated rings. The lowest BCUT2D eigenvalue weighted by molar-refractivity contribution is 0.0944. The number of thiazole rings is 1. The predicted octanol–water partition coefficient (Wildman–Crippen LogP) is 4.03. The van der Waals surface area contributed by atoms with Crippen molar-refractivity contribution in [3.05, 3.63) is 69.5 Å². The highest BCUT2D eigenvalue weighted by Gasteiger charge is 2.20. The minimum Gasteiger partial charge on any atom is -0.422 e. The van der Waals surface area contributed by atoms with E-state index in [-0.39, 0.29) is 18.0 Å². The van der Waals surface area contributed by atoms with Gasteiger partial charge in [-0.05, 0) is 30.3 Å². The van der Waals surface area contributed by atoms with E-state index in [0.717, 1.165) is 51.9 Å². The molecule has 0 unspecified atom stereocenters. The summed E-state index contributed by atoms with van der Waals surface area (Å²) in [5.41, 5.74) is 0.859. The number of hydrogen-bond acceptors (Lipinski definition) is 7. The molecule has 33 heavy (non-hydrogen) atoms. The zero-order valence-corrected chi connectivity index (χ0v) is 20.0. The van der Waals surface area contributed by atoms with Crippen molar-refractivity contribution in [1.82, 2.24) is 15.2 Å². The highest BCUT2D eigenvalue weighted by atomic mass is 35.5. The summed E-state index contributed by atoms with van der Waals surface area (Å²) in [6, 6.07) is 14.5. The van der Waals surface area contributed by atoms with Gasteiger partial charge in [-0.25, -0.2) is 9.78 Å². The summed E-state index contributed by atoms with van der Waals surface area (Å²) < 4.78 is 6.34. The van der Waals surface area contributed by atoms with Crippen molar-refractivity contribution in [2.75, 3.05) is 44.2 Å². The van der Waals surface area contributed by atoms with E-state index in [0.29, 0.717) is 18.7 Å². The largest absolute Gasteiger partial charge is 0.422 e. The van der Waals surface area contributed by atoms with E-state index in [4.69, 9.17) is 21.0 Å². The minimum atomic E-state index is -0.619. The Labute approximate surface area is 205 Å². The highest BCUT2D eigenvalue weighted by molar-refractivity contribution is 7.22. The summed E-state index contributed by atoms with van der Waals surface area (Å²) >= 11 is 7.74. The fourth-order valence-electron chi connectivity index (χ4n) is 3.83. The third-order valence-corrected chi connectivity index (χ3v) is 6.90. The number of fused-ring (bicyclic) bond motifs is 2. The van der Waals surface area contributed by atoms with Gasteiger partial charge in [-0.2, -0.15) is 0 Å². The molecule has 1 amide bonds. The van der Waals surface area contributed by atoms with E-state index in [9.17, 15) is 9.59 Å². The third-order valence-electron chi connectivity index (χ3n) is 5.58. The fraction of sp³-hybridized carbons (Fsp3) is 0.261. The Kier molecular flexibility index (Phi) is 7.19. The second kappa shape index (κ2) is 10.1. The molecule has 2 aromatic carbocycles. The van der Waals surface area contributed by atoms with Crippen LogP contribution in [0.2, 0.25) is 5.02 Å². The molecular formula is C23H22Cl2N4O3S. The molecule has 3 heterocycles. The van der Waals surface area contributed by atoms with Crippen LogP contribution in [0.25, 0.3) is 21.2 Å². The van der Waals surface area contributed by atoms with Gasteiger partial charge in [0.2, 0.25) is 0 Å². The van der Waals surface area contributed by atoms with Crippen LogP contribution in [-0.2, 0) is 0 Å². The Morgan fingerprint density at radius 1 is 1.12 bits per heavy atom. The van der Waals surface area contributed by atoms with Crippen LogP contribution in [0.4, 0.5) is 5.13 Å². The van der Waals surface area contributed by atoms with Crippen molar-refractivity contribution < 1.29 is 9.21 Å². The number of anilines is 1. The van der Waals surface area contributed by atoms with E-state index >= 15 is 0 Å². The molecular weight excluding hydrogens is 483 g/mol. The minimum absolute atomic E-state index is 0. The van der Waals surface area contributed by atoms with Crippen molar-refractivity contribution in [2.45, 2.75) is 0 Å². The Balaban J connectivity index is 0.00000259. The molecule has 0 atom stereocenters. The van der Waals surface area contributed by atoms with Crippen LogP contribution in [0.15, 0.2) is 57.7 Å². The number of hydrogen-bond donors (Lipinski definition) is 1. The van der Waals surface area contributed by atoms with Crippen molar-refractivity contribution in [1.29, 1.82) is 0 Å². The van der Waals surface area contributed by atoms with E-state index < -0.39 is 11.5 Å². The Bertz CT molecular complexity index is 1350. The normalized spacial score (nSPS) is 14.4. The first-order valence-corrected chi connectivity index (χ1v) is 11.6. The van der Waals surface area contributed by atoms with Gasteiger partial charge in [0.1, 0.15) is 11.1 Å². The van der Waals surface area contributed by atoms with Gasteiger partial charge in [0.05, 0.1) is 10.2 Å². The Hall–Kier alpha value is -2.65. The number of carbonyl (C=O) groups is 1. The van der Waals surface area contributed by atoms with Gasteiger partial charge in [0.25, 0.3) is 5.91 Å². The van der Waals surface area contributed by atoms with E-state index in [1.54, 1.807) is 29.5 Å². The average Bonchev–Trinajstić information content (AvgIpc) is 3.22. The summed E-state index contributed by atoms with van der Waals surface area (Å²) in [6.07, 6.45) is 0. The maximum Gasteiger partial charge on any atom is 0.349 e. The number of amides is 1. The molecule has 172 valence electrons. The zero-order chi connectivity index (χ0) is 22.1. The van der Waals surface area contributed by atoms with E-state index in [1.807, 2.05) is 30.3 Å². The highest BCUT2D eigenvalue weighted by Crippen LogP contribution is 2.31. The molecule has 1 aliphatic rings. The zero-order valence-electron chi connectivity index (χ0n) is 17.6. The van der Waals surface area contributed by atoms with Crippen LogP contribution >= 0.6 is 35.3 Å². The summed E-state index contributed by atoms with van der Waals surface area (Å²) in [4.78, 5) is 33.9. The fourth-order valence-corrected chi connectivity index (χ4v) is 5.12. The number of carbonyl (C=O) groups excluding carboxylic acids is 1. The lowest BCUT2D eigenvalue weighted by atomic mass is 10.2. The summed E-state index contributed by atoms with van der Waals surface area (Å²) in [7, 11) is 0. The molecule has 5 rings (SSSR count). The number of nitrogens with one attached hydrogen (secondary N) is 1. The molecule has 0 saturated carbocycles. The SMILES string of the molecule is Cl.O=C(NCCN1CCN(c2nc3ccc(Cl)cc3s2)CC1)c1cc2ccccc2oc1=O. The smallest absolute Gasteiger partial charge is 0.349 e. The molecule has 0 spiro atoms. The molecule has 2 aromatic heterocycles. The number of nitrogens with zero attached hydrogens (tertiary/aromatic N) is 3. The summed E-state index contributed by atoms with van der Waals surface area (Å²) in [5.74, 6) is -0.406. The molecule has 1 saturated heterocycles. The third kappa shape index (κ3) is 5.14. The first kappa shape index (κ1) is 23.5. The van der Waals surface area contributed by atoms with Crippen LogP contribution in [0.5, 0.6) is 0 Å². The topological polar surface area (TPSA) is 78.7 Å². The maximum absolute atomic E-state index is 12.5. The summed E-state index contributed by atoms with van der Waals surface area (Å²) in [5, 5.41) is 5.30. The monoisotopic (exact) mass is 504 g/mol. The molecule has 1 aliphatic heterocycles. The molecule has 1 N–H and O–H groups in total. The number of aromatic nitrogens is 1. The molecule has 4 aromatic rings. The number of benzene rings is 2. The van der Waals surface area contributed by atoms with Gasteiger partial charge < -0.3 is 14.6 Å². The molecule has 0 radical (unpaired) electrons. The standard InChI is InChI=1S/C23H21ClN4O3S.ClH/c24-16-5-6-18-20(14-16)32-23(26-18)28-11-9-27(10-12-28)8-7-25-21(29)17-13-15-3-1-2-4-19(15)31-22(17)30;/h1-6,13-14H,7-12H2,(H,25,29);1H. The van der Waals surface area contributed by atoms with Gasteiger partial charge in [0, 0.05) is 49.7 Å². The van der Waals surface area contributed by atoms with Gasteiger partial charge in [-0.15, -0.1) is 12.4 Å². The predicted molar refractivity (Wildman–Crippen MR) is 135 cm³/mol. The molecule has 10 heteroatoms. The van der Waals surface area contributed by atoms with Crippen LogP contribution in [0.1, 0.15) is 10.4 Å². The van der Waals surface area contributed by atoms with Crippen LogP contribution in [0, 0.1) is 0 Å². The van der Waals surface area contributed by atoms with Crippen LogP contribution < -0.4 is 15.8 Å². The van der Waals surface area contributed by atoms with Crippen molar-refractivity contribution >= 4 is 67.6 Å². The van der Waals surface area contributed by atoms with Gasteiger partial charge >= 0.3 is 5.63 Å². The van der Waals surface area contributed by atoms with Gasteiger partial charge in [0.15, 0.2) is 5.13 Å². The number of rotatable bonds is 5. The number of halogens is 2. The van der Waals surface area contributed by atoms with Crippen molar-refractivity contribution in [3.8, 4) is 0 Å². The first-order chi connectivity index (χ1) is 15.6. The first-order valence-electron chi connectivity index (χ1n) is 10.4. The maximum atomic E-state index is 12.5. The Morgan fingerprint density at radius 2 is 1.91 bits per heavy atom. The van der Waals surface area contributed by atoms with Crippen LogP contribution in [-0.4, -0.2) is 55.1 Å². The van der Waals surface area contributed by atoms with Gasteiger partial charge in [-0.3, -0.25) is 9.69 Å². The lowest BCUT2D eigenvalue weighted by Crippen LogP contribution is -2.48. The second-order valence-corrected chi connectivity index (χ2v) is 9.12. The molecule has 0 aliphatic carbocycles. The van der Waals surface area contributed by atoms with Gasteiger partial charge in [-0.1, -0.05) is 41.1 Å². The lowest BCUT2D eigenvalue weighted by Gasteiger charge is -2.34. The number of piperazine rings is 1. The summed E-state index contributed by atoms with van der Waals surface area (Å²) in [6.45, 7) is 4.68. The van der Waals surface area contributed by atoms with E-state index in [2.05, 4.69) is 15.1 Å². The van der Waals surface area contributed by atoms with E-state index in [1.165, 1.54) is 0 Å².